The number of hydrogen-bond acceptors (Lipinski definition) is 3. The summed E-state index contributed by atoms with van der Waals surface area (Å²) < 4.78 is 42.0. The second-order valence-corrected chi connectivity index (χ2v) is 3.82. The summed E-state index contributed by atoms with van der Waals surface area (Å²) in [6, 6.07) is 3.62. The molecule has 7 heteroatoms. The molecule has 0 aromatic heterocycles. The molecule has 1 aromatic rings. The number of aliphatic hydroxyl groups is 1. The number of rotatable bonds is 1. The second kappa shape index (κ2) is 4.25. The van der Waals surface area contributed by atoms with Crippen molar-refractivity contribution in [3.8, 4) is 0 Å². The Balaban J connectivity index is 2.31. The minimum atomic E-state index is -4.46. The van der Waals surface area contributed by atoms with Crippen molar-refractivity contribution >= 4 is 5.91 Å². The zero-order valence-electron chi connectivity index (χ0n) is 9.12. The molecule has 1 amide bonds. The highest BCUT2D eigenvalue weighted by Crippen LogP contribution is 2.31. The van der Waals surface area contributed by atoms with Gasteiger partial charge in [-0.3, -0.25) is 4.79 Å². The lowest BCUT2D eigenvalue weighted by molar-refractivity contribution is -0.223. The van der Waals surface area contributed by atoms with Crippen LogP contribution in [0.5, 0.6) is 0 Å². The number of nitrogens with one attached hydrogen (secondary N) is 1. The highest BCUT2D eigenvalue weighted by molar-refractivity contribution is 5.85. The van der Waals surface area contributed by atoms with E-state index in [1.165, 1.54) is 0 Å². The summed E-state index contributed by atoms with van der Waals surface area (Å²) in [7, 11) is 0. The van der Waals surface area contributed by atoms with E-state index in [2.05, 4.69) is 5.32 Å². The molecule has 98 valence electrons. The molecule has 2 rings (SSSR count). The van der Waals surface area contributed by atoms with Gasteiger partial charge in [0, 0.05) is 12.1 Å². The Morgan fingerprint density at radius 2 is 1.89 bits per heavy atom. The minimum Gasteiger partial charge on any atom is -0.354 e. The lowest BCUT2D eigenvalue weighted by Crippen LogP contribution is -2.52. The van der Waals surface area contributed by atoms with Crippen molar-refractivity contribution in [1.82, 2.24) is 5.32 Å². The van der Waals surface area contributed by atoms with Crippen LogP contribution in [-0.4, -0.2) is 24.2 Å². The molecule has 2 N–H and O–H groups in total. The van der Waals surface area contributed by atoms with Crippen molar-refractivity contribution in [2.24, 2.45) is 0 Å². The normalized spacial score (nSPS) is 24.8. The highest BCUT2D eigenvalue weighted by Gasteiger charge is 2.42. The average Bonchev–Trinajstić information content (AvgIpc) is 2.32. The zero-order chi connectivity index (χ0) is 13.4. The molecule has 1 unspecified atom stereocenters. The van der Waals surface area contributed by atoms with E-state index in [0.717, 1.165) is 24.3 Å². The monoisotopic (exact) mass is 261 g/mol. The van der Waals surface area contributed by atoms with Gasteiger partial charge in [-0.2, -0.15) is 13.2 Å². The number of carbonyl (C=O) groups excluding carboxylic acids is 1. The van der Waals surface area contributed by atoms with Crippen molar-refractivity contribution in [2.45, 2.75) is 12.0 Å². The van der Waals surface area contributed by atoms with E-state index in [1.54, 1.807) is 0 Å². The third-order valence-corrected chi connectivity index (χ3v) is 2.61. The van der Waals surface area contributed by atoms with Crippen LogP contribution in [0.3, 0.4) is 0 Å². The van der Waals surface area contributed by atoms with E-state index in [1.807, 2.05) is 0 Å². The Labute approximate surface area is 100 Å². The Bertz CT molecular complexity index is 458. The van der Waals surface area contributed by atoms with Crippen LogP contribution in [0.2, 0.25) is 0 Å². The van der Waals surface area contributed by atoms with E-state index in [0.29, 0.717) is 0 Å². The molecule has 1 aromatic carbocycles. The summed E-state index contributed by atoms with van der Waals surface area (Å²) in [5, 5.41) is 12.4. The van der Waals surface area contributed by atoms with Crippen LogP contribution in [-0.2, 0) is 21.5 Å². The number of amides is 1. The standard InChI is InChI=1S/C11H10F3NO3/c12-11(13,14)8-3-1-7(2-4-8)10(17)9(16)15-5-6-18-10/h1-4,17H,5-6H2,(H,15,16). The third-order valence-electron chi connectivity index (χ3n) is 2.61. The van der Waals surface area contributed by atoms with Gasteiger partial charge in [0.15, 0.2) is 0 Å². The van der Waals surface area contributed by atoms with Gasteiger partial charge in [0.25, 0.3) is 11.7 Å². The molecule has 1 aliphatic heterocycles. The van der Waals surface area contributed by atoms with Crippen molar-refractivity contribution < 1.29 is 27.8 Å². The first-order valence-corrected chi connectivity index (χ1v) is 5.16. The third kappa shape index (κ3) is 2.19. The maximum Gasteiger partial charge on any atom is 0.416 e. The summed E-state index contributed by atoms with van der Waals surface area (Å²) in [4.78, 5) is 11.5. The lowest BCUT2D eigenvalue weighted by atomic mass is 10.0. The molecule has 1 atom stereocenters. The fourth-order valence-corrected chi connectivity index (χ4v) is 1.65. The fraction of sp³-hybridized carbons (Fsp3) is 0.364. The lowest BCUT2D eigenvalue weighted by Gasteiger charge is -2.31. The molecule has 1 saturated heterocycles. The predicted molar refractivity (Wildman–Crippen MR) is 54.3 cm³/mol. The number of morpholine rings is 1. The van der Waals surface area contributed by atoms with E-state index < -0.39 is 23.4 Å². The predicted octanol–water partition coefficient (Wildman–Crippen LogP) is 0.997. The molecule has 1 aliphatic rings. The Kier molecular flexibility index (Phi) is 3.04. The van der Waals surface area contributed by atoms with Gasteiger partial charge in [0.05, 0.1) is 12.2 Å². The Hall–Kier alpha value is -1.60. The fourth-order valence-electron chi connectivity index (χ4n) is 1.65. The molecule has 18 heavy (non-hydrogen) atoms. The molecule has 1 heterocycles. The molecule has 0 spiro atoms. The van der Waals surface area contributed by atoms with Crippen LogP contribution in [0.25, 0.3) is 0 Å². The number of hydrogen-bond donors (Lipinski definition) is 2. The van der Waals surface area contributed by atoms with Gasteiger partial charge in [-0.25, -0.2) is 0 Å². The summed E-state index contributed by atoms with van der Waals surface area (Å²) in [6.07, 6.45) is -4.46. The molecular weight excluding hydrogens is 251 g/mol. The Morgan fingerprint density at radius 3 is 2.39 bits per heavy atom. The molecule has 0 aliphatic carbocycles. The van der Waals surface area contributed by atoms with Gasteiger partial charge in [0.1, 0.15) is 0 Å². The van der Waals surface area contributed by atoms with Gasteiger partial charge in [-0.1, -0.05) is 12.1 Å². The Morgan fingerprint density at radius 1 is 1.28 bits per heavy atom. The average molecular weight is 261 g/mol. The smallest absolute Gasteiger partial charge is 0.354 e. The van der Waals surface area contributed by atoms with Crippen molar-refractivity contribution in [3.63, 3.8) is 0 Å². The van der Waals surface area contributed by atoms with Crippen molar-refractivity contribution in [1.29, 1.82) is 0 Å². The summed E-state index contributed by atoms with van der Waals surface area (Å²) in [5.41, 5.74) is -0.890. The van der Waals surface area contributed by atoms with E-state index in [-0.39, 0.29) is 18.7 Å². The molecular formula is C11H10F3NO3. The van der Waals surface area contributed by atoms with Gasteiger partial charge >= 0.3 is 6.18 Å². The maximum atomic E-state index is 12.4. The largest absolute Gasteiger partial charge is 0.416 e. The molecule has 0 saturated carbocycles. The quantitative estimate of drug-likeness (QED) is 0.792. The van der Waals surface area contributed by atoms with Gasteiger partial charge < -0.3 is 15.2 Å². The van der Waals surface area contributed by atoms with Crippen molar-refractivity contribution in [2.75, 3.05) is 13.2 Å². The first-order valence-electron chi connectivity index (χ1n) is 5.16. The van der Waals surface area contributed by atoms with Crippen LogP contribution in [0.1, 0.15) is 11.1 Å². The van der Waals surface area contributed by atoms with Gasteiger partial charge in [-0.05, 0) is 12.1 Å². The number of carbonyl (C=O) groups is 1. The zero-order valence-corrected chi connectivity index (χ0v) is 9.12. The number of benzene rings is 1. The highest BCUT2D eigenvalue weighted by atomic mass is 19.4. The number of alkyl halides is 3. The number of ether oxygens (including phenoxy) is 1. The van der Waals surface area contributed by atoms with Crippen LogP contribution < -0.4 is 5.32 Å². The molecule has 1 fully saturated rings. The summed E-state index contributed by atoms with van der Waals surface area (Å²) >= 11 is 0. The van der Waals surface area contributed by atoms with Crippen molar-refractivity contribution in [3.05, 3.63) is 35.4 Å². The van der Waals surface area contributed by atoms with Gasteiger partial charge in [0.2, 0.25) is 0 Å². The minimum absolute atomic E-state index is 0.0345. The first kappa shape index (κ1) is 12.8. The van der Waals surface area contributed by atoms with E-state index >= 15 is 0 Å². The van der Waals surface area contributed by atoms with Crippen LogP contribution in [0, 0.1) is 0 Å². The second-order valence-electron chi connectivity index (χ2n) is 3.82. The summed E-state index contributed by atoms with van der Waals surface area (Å²) in [6.45, 7) is 0.338. The SMILES string of the molecule is O=C1NCCOC1(O)c1ccc(C(F)(F)F)cc1. The topological polar surface area (TPSA) is 58.6 Å². The van der Waals surface area contributed by atoms with Crippen LogP contribution in [0.15, 0.2) is 24.3 Å². The first-order chi connectivity index (χ1) is 8.34. The van der Waals surface area contributed by atoms with E-state index in [9.17, 15) is 23.1 Å². The summed E-state index contributed by atoms with van der Waals surface area (Å²) in [5.74, 6) is -3.00. The molecule has 0 bridgehead atoms. The van der Waals surface area contributed by atoms with Gasteiger partial charge in [-0.15, -0.1) is 0 Å². The molecule has 0 radical (unpaired) electrons. The van der Waals surface area contributed by atoms with E-state index in [4.69, 9.17) is 4.74 Å². The molecule has 4 nitrogen and oxygen atoms in total. The van der Waals surface area contributed by atoms with Crippen LogP contribution >= 0.6 is 0 Å². The number of halogens is 3. The van der Waals surface area contributed by atoms with Crippen LogP contribution in [0.4, 0.5) is 13.2 Å². The maximum absolute atomic E-state index is 12.4.